The van der Waals surface area contributed by atoms with Gasteiger partial charge in [0.1, 0.15) is 0 Å². The topological polar surface area (TPSA) is 37.4 Å². The number of nitrogens with zero attached hydrogens (tertiary/aromatic N) is 1. The minimum Gasteiger partial charge on any atom is -0.207 e. The second kappa shape index (κ2) is 8.66. The molecule has 0 aliphatic carbocycles. The summed E-state index contributed by atoms with van der Waals surface area (Å²) in [5.41, 5.74) is 6.19. The van der Waals surface area contributed by atoms with Gasteiger partial charge in [-0.2, -0.15) is 4.31 Å². The summed E-state index contributed by atoms with van der Waals surface area (Å²) >= 11 is 0. The highest BCUT2D eigenvalue weighted by Gasteiger charge is 2.32. The third-order valence-corrected chi connectivity index (χ3v) is 6.17. The van der Waals surface area contributed by atoms with Crippen molar-refractivity contribution in [3.63, 3.8) is 0 Å². The quantitative estimate of drug-likeness (QED) is 0.486. The van der Waals surface area contributed by atoms with Crippen molar-refractivity contribution >= 4 is 10.0 Å². The average Bonchev–Trinajstić information content (AvgIpc) is 2.42. The van der Waals surface area contributed by atoms with Gasteiger partial charge in [-0.25, -0.2) is 8.42 Å². The second-order valence-electron chi connectivity index (χ2n) is 7.30. The van der Waals surface area contributed by atoms with Crippen LogP contribution in [-0.2, 0) is 10.0 Å². The Hall–Kier alpha value is -1.61. The molecule has 0 unspecified atom stereocenters. The van der Waals surface area contributed by atoms with E-state index in [0.29, 0.717) is 17.2 Å². The summed E-state index contributed by atoms with van der Waals surface area (Å²) in [6, 6.07) is 3.54. The molecule has 0 amide bonds. The SMILES string of the molecule is C=C=C[C@H](CC(C)C)N(CC(=C)C)S(=O)(=O)c1c(C)cc(C)cc1C. The van der Waals surface area contributed by atoms with Gasteiger partial charge in [-0.1, -0.05) is 50.3 Å². The number of hydrogen-bond donors (Lipinski definition) is 0. The molecule has 0 aromatic heterocycles. The van der Waals surface area contributed by atoms with E-state index < -0.39 is 10.0 Å². The highest BCUT2D eigenvalue weighted by atomic mass is 32.2. The van der Waals surface area contributed by atoms with Crippen molar-refractivity contribution in [2.75, 3.05) is 6.54 Å². The summed E-state index contributed by atoms with van der Waals surface area (Å²) in [5.74, 6) is 0.345. The van der Waals surface area contributed by atoms with E-state index in [2.05, 4.69) is 32.7 Å². The van der Waals surface area contributed by atoms with E-state index in [-0.39, 0.29) is 12.6 Å². The summed E-state index contributed by atoms with van der Waals surface area (Å²) in [4.78, 5) is 0.394. The fourth-order valence-electron chi connectivity index (χ4n) is 3.23. The van der Waals surface area contributed by atoms with Crippen LogP contribution in [0.3, 0.4) is 0 Å². The molecule has 1 aromatic rings. The van der Waals surface area contributed by atoms with Crippen LogP contribution >= 0.6 is 0 Å². The standard InChI is InChI=1S/C21H31NO2S/c1-9-10-20(11-15(2)3)22(14-16(4)5)25(23,24)21-18(7)12-17(6)13-19(21)8/h10,12-13,15,20H,1,4,11,14H2,2-3,5-8H3/t20-/m1/s1. The van der Waals surface area contributed by atoms with E-state index in [1.807, 2.05) is 39.8 Å². The molecule has 3 nitrogen and oxygen atoms in total. The summed E-state index contributed by atoms with van der Waals surface area (Å²) in [7, 11) is -3.67. The lowest BCUT2D eigenvalue weighted by Gasteiger charge is -2.31. The smallest absolute Gasteiger partial charge is 0.207 e. The third-order valence-electron chi connectivity index (χ3n) is 3.99. The normalized spacial score (nSPS) is 13.0. The molecule has 0 aliphatic rings. The lowest BCUT2D eigenvalue weighted by Crippen LogP contribution is -2.41. The third kappa shape index (κ3) is 5.43. The van der Waals surface area contributed by atoms with Crippen molar-refractivity contribution in [1.29, 1.82) is 0 Å². The Bertz CT molecular complexity index is 761. The van der Waals surface area contributed by atoms with E-state index in [9.17, 15) is 8.42 Å². The number of rotatable bonds is 8. The lowest BCUT2D eigenvalue weighted by atomic mass is 10.0. The Morgan fingerprint density at radius 3 is 2.16 bits per heavy atom. The maximum atomic E-state index is 13.5. The van der Waals surface area contributed by atoms with Gasteiger partial charge in [-0.15, -0.1) is 5.73 Å². The van der Waals surface area contributed by atoms with Gasteiger partial charge in [0.05, 0.1) is 10.9 Å². The predicted octanol–water partition coefficient (Wildman–Crippen LogP) is 4.93. The molecule has 1 aromatic carbocycles. The zero-order valence-electron chi connectivity index (χ0n) is 16.4. The summed E-state index contributed by atoms with van der Waals surface area (Å²) in [5, 5.41) is 0. The molecule has 138 valence electrons. The van der Waals surface area contributed by atoms with Crippen LogP contribution < -0.4 is 0 Å². The van der Waals surface area contributed by atoms with E-state index in [1.54, 1.807) is 6.08 Å². The van der Waals surface area contributed by atoms with Gasteiger partial charge in [0, 0.05) is 6.54 Å². The van der Waals surface area contributed by atoms with Gasteiger partial charge in [-0.05, 0) is 57.2 Å². The highest BCUT2D eigenvalue weighted by Crippen LogP contribution is 2.29. The molecule has 0 heterocycles. The van der Waals surface area contributed by atoms with Crippen molar-refractivity contribution in [1.82, 2.24) is 4.31 Å². The minimum atomic E-state index is -3.67. The zero-order valence-corrected chi connectivity index (χ0v) is 17.2. The average molecular weight is 362 g/mol. The Morgan fingerprint density at radius 2 is 1.76 bits per heavy atom. The van der Waals surface area contributed by atoms with Gasteiger partial charge in [-0.3, -0.25) is 0 Å². The Morgan fingerprint density at radius 1 is 1.24 bits per heavy atom. The molecule has 0 bridgehead atoms. The monoisotopic (exact) mass is 361 g/mol. The van der Waals surface area contributed by atoms with Crippen LogP contribution in [0.1, 0.15) is 43.9 Å². The molecule has 0 spiro atoms. The molecule has 0 fully saturated rings. The van der Waals surface area contributed by atoms with Crippen molar-refractivity contribution < 1.29 is 8.42 Å². The summed E-state index contributed by atoms with van der Waals surface area (Å²) < 4.78 is 28.6. The van der Waals surface area contributed by atoms with Crippen molar-refractivity contribution in [3.05, 3.63) is 59.4 Å². The highest BCUT2D eigenvalue weighted by molar-refractivity contribution is 7.89. The van der Waals surface area contributed by atoms with Crippen LogP contribution in [0.15, 0.2) is 47.6 Å². The minimum absolute atomic E-state index is 0.282. The van der Waals surface area contributed by atoms with Crippen LogP contribution in [0, 0.1) is 26.7 Å². The van der Waals surface area contributed by atoms with Crippen LogP contribution in [-0.4, -0.2) is 25.3 Å². The first kappa shape index (κ1) is 21.4. The maximum Gasteiger partial charge on any atom is 0.244 e. The van der Waals surface area contributed by atoms with Gasteiger partial charge >= 0.3 is 0 Å². The van der Waals surface area contributed by atoms with Crippen LogP contribution in [0.25, 0.3) is 0 Å². The summed E-state index contributed by atoms with van der Waals surface area (Å²) in [6.07, 6.45) is 2.46. The van der Waals surface area contributed by atoms with Crippen molar-refractivity contribution in [3.8, 4) is 0 Å². The van der Waals surface area contributed by atoms with Crippen LogP contribution in [0.2, 0.25) is 0 Å². The largest absolute Gasteiger partial charge is 0.244 e. The van der Waals surface area contributed by atoms with Crippen molar-refractivity contribution in [2.45, 2.75) is 58.9 Å². The molecule has 25 heavy (non-hydrogen) atoms. The first-order valence-corrected chi connectivity index (χ1v) is 10.0. The number of benzene rings is 1. The Balaban J connectivity index is 3.57. The number of hydrogen-bond acceptors (Lipinski definition) is 2. The first-order chi connectivity index (χ1) is 11.5. The lowest BCUT2D eigenvalue weighted by molar-refractivity contribution is 0.339. The molecule has 1 atom stereocenters. The van der Waals surface area contributed by atoms with E-state index in [0.717, 1.165) is 22.3 Å². The van der Waals surface area contributed by atoms with Crippen LogP contribution in [0.4, 0.5) is 0 Å². The van der Waals surface area contributed by atoms with Gasteiger partial charge < -0.3 is 0 Å². The molecule has 0 radical (unpaired) electrons. The molecule has 4 heteroatoms. The summed E-state index contributed by atoms with van der Waals surface area (Å²) in [6.45, 7) is 19.6. The van der Waals surface area contributed by atoms with E-state index in [4.69, 9.17) is 0 Å². The van der Waals surface area contributed by atoms with Gasteiger partial charge in [0.15, 0.2) is 0 Å². The van der Waals surface area contributed by atoms with Gasteiger partial charge in [0.2, 0.25) is 10.0 Å². The van der Waals surface area contributed by atoms with Crippen molar-refractivity contribution in [2.24, 2.45) is 5.92 Å². The number of aryl methyl sites for hydroxylation is 3. The van der Waals surface area contributed by atoms with E-state index >= 15 is 0 Å². The second-order valence-corrected chi connectivity index (χ2v) is 9.13. The first-order valence-electron chi connectivity index (χ1n) is 8.60. The van der Waals surface area contributed by atoms with E-state index in [1.165, 1.54) is 4.31 Å². The Kier molecular flexibility index (Phi) is 7.43. The maximum absolute atomic E-state index is 13.5. The fourth-order valence-corrected chi connectivity index (χ4v) is 5.29. The number of sulfonamides is 1. The fraction of sp³-hybridized carbons (Fsp3) is 0.476. The Labute approximate surface area is 153 Å². The van der Waals surface area contributed by atoms with Gasteiger partial charge in [0.25, 0.3) is 0 Å². The predicted molar refractivity (Wildman–Crippen MR) is 106 cm³/mol. The molecular formula is C21H31NO2S. The molecule has 1 rings (SSSR count). The zero-order chi connectivity index (χ0) is 19.4. The molecule has 0 saturated heterocycles. The molecule has 0 aliphatic heterocycles. The molecule has 0 N–H and O–H groups in total. The molecular weight excluding hydrogens is 330 g/mol. The molecule has 0 saturated carbocycles. The van der Waals surface area contributed by atoms with Crippen LogP contribution in [0.5, 0.6) is 0 Å².